The summed E-state index contributed by atoms with van der Waals surface area (Å²) >= 11 is 6.08. The summed E-state index contributed by atoms with van der Waals surface area (Å²) in [7, 11) is 0. The van der Waals surface area contributed by atoms with Crippen molar-refractivity contribution in [3.05, 3.63) is 47.0 Å². The largest absolute Gasteiger partial charge is 0.460 e. The Kier molecular flexibility index (Phi) is 5.61. The van der Waals surface area contributed by atoms with Crippen LogP contribution in [0.25, 0.3) is 0 Å². The zero-order valence-corrected chi connectivity index (χ0v) is 12.6. The van der Waals surface area contributed by atoms with Crippen molar-refractivity contribution >= 4 is 17.6 Å². The van der Waals surface area contributed by atoms with Crippen molar-refractivity contribution in [3.8, 4) is 0 Å². The maximum absolute atomic E-state index is 11.6. The van der Waals surface area contributed by atoms with E-state index in [4.69, 9.17) is 16.3 Å². The van der Waals surface area contributed by atoms with Crippen molar-refractivity contribution in [1.29, 1.82) is 0 Å². The Bertz CT molecular complexity index is 458. The lowest BCUT2D eigenvalue weighted by Crippen LogP contribution is -2.23. The zero-order valence-electron chi connectivity index (χ0n) is 11.8. The first-order valence-corrected chi connectivity index (χ1v) is 6.77. The van der Waals surface area contributed by atoms with Crippen molar-refractivity contribution in [2.24, 2.45) is 0 Å². The molecule has 3 heteroatoms. The van der Waals surface area contributed by atoms with Crippen molar-refractivity contribution in [1.82, 2.24) is 0 Å². The van der Waals surface area contributed by atoms with E-state index in [9.17, 15) is 4.79 Å². The molecule has 1 aromatic rings. The third-order valence-corrected chi connectivity index (χ3v) is 2.89. The van der Waals surface area contributed by atoms with Crippen LogP contribution in [-0.4, -0.2) is 11.6 Å². The van der Waals surface area contributed by atoms with Crippen LogP contribution in [-0.2, 0) is 16.0 Å². The molecule has 2 nitrogen and oxygen atoms in total. The van der Waals surface area contributed by atoms with E-state index in [2.05, 4.69) is 6.58 Å². The minimum atomic E-state index is -0.444. The van der Waals surface area contributed by atoms with E-state index in [-0.39, 0.29) is 12.4 Å². The van der Waals surface area contributed by atoms with Crippen LogP contribution < -0.4 is 0 Å². The maximum atomic E-state index is 11.6. The van der Waals surface area contributed by atoms with E-state index < -0.39 is 5.60 Å². The molecule has 19 heavy (non-hydrogen) atoms. The molecular weight excluding hydrogens is 260 g/mol. The first kappa shape index (κ1) is 15.8. The Labute approximate surface area is 120 Å². The molecule has 0 radical (unpaired) electrons. The van der Waals surface area contributed by atoms with Crippen molar-refractivity contribution in [2.45, 2.75) is 45.6 Å². The molecule has 0 aliphatic heterocycles. The summed E-state index contributed by atoms with van der Waals surface area (Å²) in [5, 5.41) is 0.757. The van der Waals surface area contributed by atoms with E-state index in [1.165, 1.54) is 0 Å². The van der Waals surface area contributed by atoms with Crippen molar-refractivity contribution in [2.75, 3.05) is 0 Å². The van der Waals surface area contributed by atoms with Gasteiger partial charge in [0.1, 0.15) is 5.60 Å². The summed E-state index contributed by atoms with van der Waals surface area (Å²) in [6.07, 6.45) is 1.80. The molecule has 0 amide bonds. The predicted molar refractivity (Wildman–Crippen MR) is 79.4 cm³/mol. The molecule has 1 aromatic carbocycles. The van der Waals surface area contributed by atoms with Gasteiger partial charge in [-0.1, -0.05) is 42.0 Å². The van der Waals surface area contributed by atoms with E-state index in [1.807, 2.05) is 45.0 Å². The van der Waals surface area contributed by atoms with Gasteiger partial charge >= 0.3 is 5.97 Å². The van der Waals surface area contributed by atoms with Crippen LogP contribution in [0.5, 0.6) is 0 Å². The fourth-order valence-electron chi connectivity index (χ4n) is 1.68. The highest BCUT2D eigenvalue weighted by molar-refractivity contribution is 6.31. The van der Waals surface area contributed by atoms with Gasteiger partial charge in [0.15, 0.2) is 0 Å². The average molecular weight is 281 g/mol. The van der Waals surface area contributed by atoms with Crippen LogP contribution in [0.4, 0.5) is 0 Å². The van der Waals surface area contributed by atoms with E-state index >= 15 is 0 Å². The minimum Gasteiger partial charge on any atom is -0.460 e. The summed E-state index contributed by atoms with van der Waals surface area (Å²) in [5.74, 6) is -0.225. The number of esters is 1. The highest BCUT2D eigenvalue weighted by Crippen LogP contribution is 2.19. The van der Waals surface area contributed by atoms with Crippen LogP contribution in [0.1, 0.15) is 39.2 Å². The molecule has 1 rings (SSSR count). The standard InChI is InChI=1S/C16H21ClO2/c1-12(11-15(18)19-16(2,3)4)9-10-13-7-5-6-8-14(13)17/h5-8H,1,9-11H2,2-4H3. The second-order valence-electron chi connectivity index (χ2n) is 5.60. The third kappa shape index (κ3) is 6.44. The third-order valence-electron chi connectivity index (χ3n) is 2.52. The van der Waals surface area contributed by atoms with Crippen LogP contribution in [0.3, 0.4) is 0 Å². The monoisotopic (exact) mass is 280 g/mol. The van der Waals surface area contributed by atoms with Crippen molar-refractivity contribution in [3.63, 3.8) is 0 Å². The smallest absolute Gasteiger partial charge is 0.310 e. The van der Waals surface area contributed by atoms with E-state index in [0.717, 1.165) is 29.0 Å². The normalized spacial score (nSPS) is 11.2. The lowest BCUT2D eigenvalue weighted by Gasteiger charge is -2.19. The fraction of sp³-hybridized carbons (Fsp3) is 0.438. The minimum absolute atomic E-state index is 0.225. The molecule has 0 unspecified atom stereocenters. The molecule has 104 valence electrons. The highest BCUT2D eigenvalue weighted by Gasteiger charge is 2.16. The number of hydrogen-bond donors (Lipinski definition) is 0. The average Bonchev–Trinajstić information content (AvgIpc) is 2.25. The van der Waals surface area contributed by atoms with Gasteiger partial charge in [-0.05, 0) is 45.2 Å². The van der Waals surface area contributed by atoms with Gasteiger partial charge in [0.25, 0.3) is 0 Å². The Morgan fingerprint density at radius 3 is 2.53 bits per heavy atom. The van der Waals surface area contributed by atoms with Gasteiger partial charge in [-0.25, -0.2) is 0 Å². The van der Waals surface area contributed by atoms with Gasteiger partial charge in [-0.2, -0.15) is 0 Å². The first-order valence-electron chi connectivity index (χ1n) is 6.40. The number of carbonyl (C=O) groups excluding carboxylic acids is 1. The SMILES string of the molecule is C=C(CCc1ccccc1Cl)CC(=O)OC(C)(C)C. The molecule has 0 bridgehead atoms. The van der Waals surface area contributed by atoms with Crippen LogP contribution in [0.2, 0.25) is 5.02 Å². The Morgan fingerprint density at radius 1 is 1.32 bits per heavy atom. The number of halogens is 1. The van der Waals surface area contributed by atoms with Gasteiger partial charge in [0, 0.05) is 5.02 Å². The lowest BCUT2D eigenvalue weighted by molar-refractivity contribution is -0.153. The maximum Gasteiger partial charge on any atom is 0.310 e. The molecule has 0 atom stereocenters. The molecule has 0 aliphatic carbocycles. The predicted octanol–water partition coefficient (Wildman–Crippen LogP) is 4.56. The number of aryl methyl sites for hydroxylation is 1. The zero-order chi connectivity index (χ0) is 14.5. The molecule has 0 aliphatic rings. The highest BCUT2D eigenvalue weighted by atomic mass is 35.5. The molecule has 0 spiro atoms. The molecule has 0 fully saturated rings. The van der Waals surface area contributed by atoms with Gasteiger partial charge in [-0.15, -0.1) is 0 Å². The number of ether oxygens (including phenoxy) is 1. The van der Waals surface area contributed by atoms with Gasteiger partial charge in [-0.3, -0.25) is 4.79 Å². The first-order chi connectivity index (χ1) is 8.78. The molecular formula is C16H21ClO2. The summed E-state index contributed by atoms with van der Waals surface area (Å²) in [6, 6.07) is 7.72. The Balaban J connectivity index is 2.40. The molecule has 0 saturated heterocycles. The lowest BCUT2D eigenvalue weighted by atomic mass is 10.0. The fourth-order valence-corrected chi connectivity index (χ4v) is 1.91. The van der Waals surface area contributed by atoms with Gasteiger partial charge in [0.05, 0.1) is 6.42 Å². The summed E-state index contributed by atoms with van der Waals surface area (Å²) in [4.78, 5) is 11.6. The second kappa shape index (κ2) is 6.76. The quantitative estimate of drug-likeness (QED) is 0.584. The molecule has 0 aromatic heterocycles. The summed E-state index contributed by atoms with van der Waals surface area (Å²) < 4.78 is 5.26. The number of benzene rings is 1. The second-order valence-corrected chi connectivity index (χ2v) is 6.01. The summed E-state index contributed by atoms with van der Waals surface area (Å²) in [5.41, 5.74) is 1.50. The molecule has 0 N–H and O–H groups in total. The Morgan fingerprint density at radius 2 is 1.95 bits per heavy atom. The molecule has 0 heterocycles. The van der Waals surface area contributed by atoms with Crippen molar-refractivity contribution < 1.29 is 9.53 Å². The van der Waals surface area contributed by atoms with E-state index in [1.54, 1.807) is 0 Å². The van der Waals surface area contributed by atoms with Crippen LogP contribution in [0.15, 0.2) is 36.4 Å². The van der Waals surface area contributed by atoms with Crippen LogP contribution >= 0.6 is 11.6 Å². The summed E-state index contributed by atoms with van der Waals surface area (Å²) in [6.45, 7) is 9.50. The van der Waals surface area contributed by atoms with E-state index in [0.29, 0.717) is 0 Å². The van der Waals surface area contributed by atoms with Gasteiger partial charge in [0.2, 0.25) is 0 Å². The van der Waals surface area contributed by atoms with Gasteiger partial charge < -0.3 is 4.74 Å². The topological polar surface area (TPSA) is 26.3 Å². The molecule has 0 saturated carbocycles. The van der Waals surface area contributed by atoms with Crippen LogP contribution in [0, 0.1) is 0 Å². The number of rotatable bonds is 5. The Hall–Kier alpha value is -1.28. The number of hydrogen-bond acceptors (Lipinski definition) is 2. The number of carbonyl (C=O) groups is 1.